The number of hydrogen-bond acceptors (Lipinski definition) is 3. The molecule has 0 saturated carbocycles. The number of piperidine rings is 1. The molecule has 1 saturated heterocycles. The van der Waals surface area contributed by atoms with Crippen molar-refractivity contribution in [1.29, 1.82) is 0 Å². The number of nitrogens with zero attached hydrogens (tertiary/aromatic N) is 3. The second-order valence-corrected chi connectivity index (χ2v) is 7.86. The average Bonchev–Trinajstić information content (AvgIpc) is 2.88. The Morgan fingerprint density at radius 2 is 2.00 bits per heavy atom. The van der Waals surface area contributed by atoms with Gasteiger partial charge in [0.05, 0.1) is 5.88 Å². The van der Waals surface area contributed by atoms with Gasteiger partial charge in [-0.2, -0.15) is 4.31 Å². The summed E-state index contributed by atoms with van der Waals surface area (Å²) in [5, 5.41) is 0. The van der Waals surface area contributed by atoms with E-state index < -0.39 is 10.0 Å². The number of halogens is 1. The van der Waals surface area contributed by atoms with Gasteiger partial charge in [0.1, 0.15) is 4.90 Å². The maximum atomic E-state index is 12.7. The molecule has 7 heteroatoms. The molecular formula is C14H24ClN3O2S. The summed E-state index contributed by atoms with van der Waals surface area (Å²) in [6.45, 7) is 5.09. The summed E-state index contributed by atoms with van der Waals surface area (Å²) in [5.41, 5.74) is 0.810. The molecule has 1 aliphatic rings. The lowest BCUT2D eigenvalue weighted by Gasteiger charge is -2.35. The fraction of sp³-hybridized carbons (Fsp3) is 0.714. The standard InChI is InChI=1S/C14H24ClN3O2S/c1-4-18-7-5-12(6-8-18)17(3)21(19,20)14-9-13(10-15)16(2)11-14/h9,11-12H,4-8,10H2,1-3H3. The Kier molecular flexibility index (Phi) is 5.35. The van der Waals surface area contributed by atoms with E-state index in [1.54, 1.807) is 23.9 Å². The summed E-state index contributed by atoms with van der Waals surface area (Å²) in [7, 11) is 0.0662. The van der Waals surface area contributed by atoms with Crippen molar-refractivity contribution in [3.8, 4) is 0 Å². The van der Waals surface area contributed by atoms with Gasteiger partial charge in [-0.3, -0.25) is 0 Å². The first-order valence-corrected chi connectivity index (χ1v) is 9.29. The van der Waals surface area contributed by atoms with Gasteiger partial charge in [0.25, 0.3) is 0 Å². The van der Waals surface area contributed by atoms with Crippen LogP contribution in [0.5, 0.6) is 0 Å². The van der Waals surface area contributed by atoms with Gasteiger partial charge < -0.3 is 9.47 Å². The average molecular weight is 334 g/mol. The quantitative estimate of drug-likeness (QED) is 0.773. The zero-order valence-corrected chi connectivity index (χ0v) is 14.5. The molecule has 0 amide bonds. The molecule has 2 heterocycles. The zero-order chi connectivity index (χ0) is 15.6. The van der Waals surface area contributed by atoms with Gasteiger partial charge in [-0.25, -0.2) is 8.42 Å². The molecule has 0 aromatic carbocycles. The van der Waals surface area contributed by atoms with E-state index in [9.17, 15) is 8.42 Å². The van der Waals surface area contributed by atoms with Crippen LogP contribution in [0.25, 0.3) is 0 Å². The molecule has 0 bridgehead atoms. The Bertz CT molecular complexity index is 577. The number of rotatable bonds is 5. The van der Waals surface area contributed by atoms with Crippen molar-refractivity contribution in [3.63, 3.8) is 0 Å². The first-order chi connectivity index (χ1) is 9.90. The minimum Gasteiger partial charge on any atom is -0.352 e. The summed E-state index contributed by atoms with van der Waals surface area (Å²) in [4.78, 5) is 2.69. The third kappa shape index (κ3) is 3.44. The lowest BCUT2D eigenvalue weighted by molar-refractivity contribution is 0.176. The molecule has 2 rings (SSSR count). The van der Waals surface area contributed by atoms with Gasteiger partial charge in [-0.15, -0.1) is 11.6 Å². The summed E-state index contributed by atoms with van der Waals surface area (Å²) in [6, 6.07) is 1.75. The Morgan fingerprint density at radius 1 is 1.38 bits per heavy atom. The van der Waals surface area contributed by atoms with E-state index in [1.165, 1.54) is 4.31 Å². The van der Waals surface area contributed by atoms with Crippen molar-refractivity contribution in [3.05, 3.63) is 18.0 Å². The molecule has 1 aromatic rings. The summed E-state index contributed by atoms with van der Waals surface area (Å²) >= 11 is 5.82. The third-order valence-electron chi connectivity index (χ3n) is 4.42. The van der Waals surface area contributed by atoms with Crippen molar-refractivity contribution in [2.75, 3.05) is 26.7 Å². The fourth-order valence-corrected chi connectivity index (χ4v) is 4.59. The molecule has 5 nitrogen and oxygen atoms in total. The van der Waals surface area contributed by atoms with Gasteiger partial charge in [-0.1, -0.05) is 6.92 Å². The van der Waals surface area contributed by atoms with Gasteiger partial charge in [0.15, 0.2) is 0 Å². The Balaban J connectivity index is 2.15. The number of likely N-dealkylation sites (tertiary alicyclic amines) is 1. The smallest absolute Gasteiger partial charge is 0.244 e. The predicted octanol–water partition coefficient (Wildman–Crippen LogP) is 1.87. The summed E-state index contributed by atoms with van der Waals surface area (Å²) < 4.78 is 28.7. The van der Waals surface area contributed by atoms with Crippen LogP contribution in [0.3, 0.4) is 0 Å². The largest absolute Gasteiger partial charge is 0.352 e. The highest BCUT2D eigenvalue weighted by Gasteiger charge is 2.31. The maximum absolute atomic E-state index is 12.7. The van der Waals surface area contributed by atoms with Crippen LogP contribution >= 0.6 is 11.6 Å². The van der Waals surface area contributed by atoms with Crippen LogP contribution < -0.4 is 0 Å². The van der Waals surface area contributed by atoms with E-state index in [4.69, 9.17) is 11.6 Å². The summed E-state index contributed by atoms with van der Waals surface area (Å²) in [6.07, 6.45) is 3.42. The van der Waals surface area contributed by atoms with E-state index >= 15 is 0 Å². The highest BCUT2D eigenvalue weighted by atomic mass is 35.5. The highest BCUT2D eigenvalue weighted by molar-refractivity contribution is 7.89. The van der Waals surface area contributed by atoms with E-state index in [0.29, 0.717) is 10.8 Å². The van der Waals surface area contributed by atoms with Gasteiger partial charge >= 0.3 is 0 Å². The number of aromatic nitrogens is 1. The molecule has 21 heavy (non-hydrogen) atoms. The maximum Gasteiger partial charge on any atom is 0.244 e. The summed E-state index contributed by atoms with van der Waals surface area (Å²) in [5.74, 6) is 0.310. The molecule has 0 spiro atoms. The molecule has 0 aliphatic carbocycles. The Morgan fingerprint density at radius 3 is 2.48 bits per heavy atom. The first kappa shape index (κ1) is 16.8. The number of alkyl halides is 1. The van der Waals surface area contributed by atoms with Crippen molar-refractivity contribution in [2.45, 2.75) is 36.6 Å². The highest BCUT2D eigenvalue weighted by Crippen LogP contribution is 2.24. The molecule has 120 valence electrons. The normalized spacial score (nSPS) is 18.5. The minimum atomic E-state index is -3.44. The SMILES string of the molecule is CCN1CCC(N(C)S(=O)(=O)c2cc(CCl)n(C)c2)CC1. The Labute approximate surface area is 132 Å². The van der Waals surface area contributed by atoms with Crippen molar-refractivity contribution in [2.24, 2.45) is 7.05 Å². The van der Waals surface area contributed by atoms with Gasteiger partial charge in [-0.05, 0) is 38.5 Å². The van der Waals surface area contributed by atoms with Gasteiger partial charge in [0, 0.05) is 32.0 Å². The first-order valence-electron chi connectivity index (χ1n) is 7.31. The molecule has 1 aromatic heterocycles. The molecule has 0 N–H and O–H groups in total. The minimum absolute atomic E-state index is 0.0810. The van der Waals surface area contributed by atoms with Crippen LogP contribution in [0.2, 0.25) is 0 Å². The lowest BCUT2D eigenvalue weighted by atomic mass is 10.1. The van der Waals surface area contributed by atoms with Crippen molar-refractivity contribution >= 4 is 21.6 Å². The van der Waals surface area contributed by atoms with Crippen LogP contribution in [0.1, 0.15) is 25.5 Å². The number of hydrogen-bond donors (Lipinski definition) is 0. The fourth-order valence-electron chi connectivity index (χ4n) is 2.81. The second-order valence-electron chi connectivity index (χ2n) is 5.60. The van der Waals surface area contributed by atoms with E-state index in [0.717, 1.165) is 38.2 Å². The zero-order valence-electron chi connectivity index (χ0n) is 12.9. The monoisotopic (exact) mass is 333 g/mol. The van der Waals surface area contributed by atoms with E-state index in [-0.39, 0.29) is 6.04 Å². The topological polar surface area (TPSA) is 45.6 Å². The number of sulfonamides is 1. The molecule has 0 unspecified atom stereocenters. The Hall–Kier alpha value is -0.560. The van der Waals surface area contributed by atoms with Crippen LogP contribution in [-0.2, 0) is 23.0 Å². The van der Waals surface area contributed by atoms with Crippen molar-refractivity contribution < 1.29 is 8.42 Å². The van der Waals surface area contributed by atoms with Crippen LogP contribution in [-0.4, -0.2) is 54.9 Å². The number of aryl methyl sites for hydroxylation is 1. The predicted molar refractivity (Wildman–Crippen MR) is 85.1 cm³/mol. The van der Waals surface area contributed by atoms with Crippen LogP contribution in [0, 0.1) is 0 Å². The molecular weight excluding hydrogens is 310 g/mol. The molecule has 1 fully saturated rings. The molecule has 0 atom stereocenters. The van der Waals surface area contributed by atoms with Crippen LogP contribution in [0.15, 0.2) is 17.2 Å². The van der Waals surface area contributed by atoms with Crippen LogP contribution in [0.4, 0.5) is 0 Å². The van der Waals surface area contributed by atoms with Crippen molar-refractivity contribution in [1.82, 2.24) is 13.8 Å². The molecule has 1 aliphatic heterocycles. The van der Waals surface area contributed by atoms with Gasteiger partial charge in [0.2, 0.25) is 10.0 Å². The van der Waals surface area contributed by atoms with E-state index in [2.05, 4.69) is 11.8 Å². The third-order valence-corrected chi connectivity index (χ3v) is 6.56. The molecule has 0 radical (unpaired) electrons. The second kappa shape index (κ2) is 6.69. The van der Waals surface area contributed by atoms with E-state index in [1.807, 2.05) is 7.05 Å². The lowest BCUT2D eigenvalue weighted by Crippen LogP contribution is -2.45.